The summed E-state index contributed by atoms with van der Waals surface area (Å²) in [5.41, 5.74) is -1.02. The zero-order valence-corrected chi connectivity index (χ0v) is 12.4. The number of carboxylic acids is 1. The van der Waals surface area contributed by atoms with E-state index in [-0.39, 0.29) is 18.2 Å². The van der Waals surface area contributed by atoms with E-state index in [1.807, 2.05) is 6.92 Å². The van der Waals surface area contributed by atoms with Crippen molar-refractivity contribution in [2.45, 2.75) is 52.5 Å². The highest BCUT2D eigenvalue weighted by Crippen LogP contribution is 2.32. The number of carbonyl (C=O) groups is 3. The van der Waals surface area contributed by atoms with Gasteiger partial charge < -0.3 is 15.3 Å². The van der Waals surface area contributed by atoms with Crippen LogP contribution in [-0.4, -0.2) is 46.9 Å². The van der Waals surface area contributed by atoms with Gasteiger partial charge in [0.1, 0.15) is 6.04 Å². The summed E-state index contributed by atoms with van der Waals surface area (Å²) in [4.78, 5) is 37.2. The van der Waals surface area contributed by atoms with Crippen molar-refractivity contribution in [2.24, 2.45) is 5.41 Å². The van der Waals surface area contributed by atoms with Gasteiger partial charge in [-0.15, -0.1) is 0 Å². The second-order valence-corrected chi connectivity index (χ2v) is 5.27. The second-order valence-electron chi connectivity index (χ2n) is 5.27. The van der Waals surface area contributed by atoms with Crippen LogP contribution in [0.5, 0.6) is 0 Å². The van der Waals surface area contributed by atoms with Gasteiger partial charge in [0.2, 0.25) is 11.8 Å². The fourth-order valence-corrected chi connectivity index (χ4v) is 2.69. The number of aliphatic carboxylic acids is 1. The minimum absolute atomic E-state index is 0.0425. The smallest absolute Gasteiger partial charge is 0.310 e. The Morgan fingerprint density at radius 2 is 1.95 bits per heavy atom. The fraction of sp³-hybridized carbons (Fsp3) is 0.786. The lowest BCUT2D eigenvalue weighted by Crippen LogP contribution is -2.57. The van der Waals surface area contributed by atoms with Gasteiger partial charge in [-0.2, -0.15) is 0 Å². The molecule has 1 atom stereocenters. The molecule has 0 spiro atoms. The molecule has 0 radical (unpaired) electrons. The summed E-state index contributed by atoms with van der Waals surface area (Å²) in [5.74, 6) is -1.33. The third-order valence-electron chi connectivity index (χ3n) is 4.33. The van der Waals surface area contributed by atoms with Crippen LogP contribution >= 0.6 is 0 Å². The quantitative estimate of drug-likeness (QED) is 0.762. The number of hydrogen-bond donors (Lipinski definition) is 2. The molecule has 1 rings (SSSR count). The van der Waals surface area contributed by atoms with Gasteiger partial charge in [-0.25, -0.2) is 0 Å². The lowest BCUT2D eigenvalue weighted by Gasteiger charge is -2.37. The van der Waals surface area contributed by atoms with Gasteiger partial charge in [0.25, 0.3) is 0 Å². The van der Waals surface area contributed by atoms with E-state index in [9.17, 15) is 19.5 Å². The van der Waals surface area contributed by atoms with Gasteiger partial charge in [-0.05, 0) is 19.3 Å². The summed E-state index contributed by atoms with van der Waals surface area (Å²) in [6, 6.07) is -0.476. The number of amides is 2. The third kappa shape index (κ3) is 3.11. The maximum absolute atomic E-state index is 12.4. The van der Waals surface area contributed by atoms with E-state index in [4.69, 9.17) is 0 Å². The SMILES string of the molecule is CCC1C(=O)NCCN1C(=O)CC(CC)(CC)C(=O)O. The van der Waals surface area contributed by atoms with Crippen molar-refractivity contribution in [3.8, 4) is 0 Å². The van der Waals surface area contributed by atoms with Crippen molar-refractivity contribution in [3.63, 3.8) is 0 Å². The second kappa shape index (κ2) is 6.72. The molecule has 20 heavy (non-hydrogen) atoms. The van der Waals surface area contributed by atoms with Crippen LogP contribution < -0.4 is 5.32 Å². The Kier molecular flexibility index (Phi) is 5.53. The van der Waals surface area contributed by atoms with Crippen molar-refractivity contribution in [1.82, 2.24) is 10.2 Å². The van der Waals surface area contributed by atoms with E-state index >= 15 is 0 Å². The van der Waals surface area contributed by atoms with E-state index < -0.39 is 17.4 Å². The molecule has 114 valence electrons. The third-order valence-corrected chi connectivity index (χ3v) is 4.33. The van der Waals surface area contributed by atoms with Crippen molar-refractivity contribution in [3.05, 3.63) is 0 Å². The zero-order chi connectivity index (χ0) is 15.3. The molecule has 6 heteroatoms. The average molecular weight is 284 g/mol. The molecule has 1 aliphatic heterocycles. The Morgan fingerprint density at radius 3 is 2.40 bits per heavy atom. The van der Waals surface area contributed by atoms with Gasteiger partial charge >= 0.3 is 5.97 Å². The lowest BCUT2D eigenvalue weighted by molar-refractivity contribution is -0.156. The highest BCUT2D eigenvalue weighted by atomic mass is 16.4. The minimum atomic E-state index is -1.02. The number of hydrogen-bond acceptors (Lipinski definition) is 3. The number of carboxylic acid groups (broad SMARTS) is 1. The van der Waals surface area contributed by atoms with E-state index in [0.29, 0.717) is 32.4 Å². The zero-order valence-electron chi connectivity index (χ0n) is 12.4. The summed E-state index contributed by atoms with van der Waals surface area (Å²) >= 11 is 0. The van der Waals surface area contributed by atoms with Gasteiger partial charge in [0.05, 0.1) is 5.41 Å². The molecule has 0 aromatic rings. The van der Waals surface area contributed by atoms with Crippen LogP contribution in [-0.2, 0) is 14.4 Å². The van der Waals surface area contributed by atoms with Crippen LogP contribution in [0.1, 0.15) is 46.5 Å². The molecule has 1 fully saturated rings. The Hall–Kier alpha value is -1.59. The summed E-state index contributed by atoms with van der Waals surface area (Å²) in [6.07, 6.45) is 1.30. The first-order valence-electron chi connectivity index (χ1n) is 7.22. The number of nitrogens with one attached hydrogen (secondary N) is 1. The number of carbonyl (C=O) groups excluding carboxylic acids is 2. The van der Waals surface area contributed by atoms with Crippen molar-refractivity contribution >= 4 is 17.8 Å². The standard InChI is InChI=1S/C14H24N2O4/c1-4-10-12(18)15-7-8-16(10)11(17)9-14(5-2,6-3)13(19)20/h10H,4-9H2,1-3H3,(H,15,18)(H,19,20). The monoisotopic (exact) mass is 284 g/mol. The average Bonchev–Trinajstić information content (AvgIpc) is 2.43. The fourth-order valence-electron chi connectivity index (χ4n) is 2.69. The maximum Gasteiger partial charge on any atom is 0.310 e. The van der Waals surface area contributed by atoms with Gasteiger partial charge in [0, 0.05) is 19.5 Å². The Balaban J connectivity index is 2.88. The molecule has 1 saturated heterocycles. The molecule has 0 aromatic heterocycles. The van der Waals surface area contributed by atoms with Crippen molar-refractivity contribution in [1.29, 1.82) is 0 Å². The van der Waals surface area contributed by atoms with Crippen molar-refractivity contribution in [2.75, 3.05) is 13.1 Å². The Morgan fingerprint density at radius 1 is 1.35 bits per heavy atom. The van der Waals surface area contributed by atoms with Crippen LogP contribution in [0.4, 0.5) is 0 Å². The van der Waals surface area contributed by atoms with E-state index in [1.165, 1.54) is 4.90 Å². The summed E-state index contributed by atoms with van der Waals surface area (Å²) < 4.78 is 0. The van der Waals surface area contributed by atoms with E-state index in [2.05, 4.69) is 5.32 Å². The summed E-state index contributed by atoms with van der Waals surface area (Å²) in [6.45, 7) is 6.29. The molecular weight excluding hydrogens is 260 g/mol. The first-order valence-corrected chi connectivity index (χ1v) is 7.22. The highest BCUT2D eigenvalue weighted by molar-refractivity contribution is 5.91. The molecule has 0 bridgehead atoms. The molecule has 1 aliphatic rings. The van der Waals surface area contributed by atoms with Gasteiger partial charge in [0.15, 0.2) is 0 Å². The van der Waals surface area contributed by atoms with Crippen LogP contribution in [0.15, 0.2) is 0 Å². The molecule has 1 heterocycles. The van der Waals surface area contributed by atoms with Crippen LogP contribution in [0, 0.1) is 5.41 Å². The number of piperazine rings is 1. The van der Waals surface area contributed by atoms with Crippen LogP contribution in [0.2, 0.25) is 0 Å². The Bertz CT molecular complexity index is 391. The summed E-state index contributed by atoms with van der Waals surface area (Å²) in [5, 5.41) is 12.1. The predicted molar refractivity (Wildman–Crippen MR) is 74.1 cm³/mol. The Labute approximate surface area is 119 Å². The molecular formula is C14H24N2O4. The van der Waals surface area contributed by atoms with E-state index in [0.717, 1.165) is 0 Å². The maximum atomic E-state index is 12.4. The predicted octanol–water partition coefficient (Wildman–Crippen LogP) is 1.00. The first kappa shape index (κ1) is 16.5. The molecule has 2 amide bonds. The topological polar surface area (TPSA) is 86.7 Å². The molecule has 0 saturated carbocycles. The molecule has 1 unspecified atom stereocenters. The summed E-state index contributed by atoms with van der Waals surface area (Å²) in [7, 11) is 0. The van der Waals surface area contributed by atoms with Gasteiger partial charge in [-0.3, -0.25) is 14.4 Å². The minimum Gasteiger partial charge on any atom is -0.481 e. The molecule has 0 aliphatic carbocycles. The van der Waals surface area contributed by atoms with Gasteiger partial charge in [-0.1, -0.05) is 20.8 Å². The van der Waals surface area contributed by atoms with Crippen LogP contribution in [0.3, 0.4) is 0 Å². The lowest BCUT2D eigenvalue weighted by atomic mass is 9.78. The molecule has 6 nitrogen and oxygen atoms in total. The van der Waals surface area contributed by atoms with Crippen LogP contribution in [0.25, 0.3) is 0 Å². The van der Waals surface area contributed by atoms with Crippen molar-refractivity contribution < 1.29 is 19.5 Å². The normalized spacial score (nSPS) is 19.6. The largest absolute Gasteiger partial charge is 0.481 e. The first-order chi connectivity index (χ1) is 9.41. The molecule has 2 N–H and O–H groups in total. The highest BCUT2D eigenvalue weighted by Gasteiger charge is 2.40. The number of nitrogens with zero attached hydrogens (tertiary/aromatic N) is 1. The molecule has 0 aromatic carbocycles. The van der Waals surface area contributed by atoms with E-state index in [1.54, 1.807) is 13.8 Å². The number of rotatable bonds is 6.